The van der Waals surface area contributed by atoms with Gasteiger partial charge >= 0.3 is 5.69 Å². The monoisotopic (exact) mass is 294 g/mol. The second kappa shape index (κ2) is 4.30. The van der Waals surface area contributed by atoms with Crippen molar-refractivity contribution < 1.29 is 5.11 Å². The highest BCUT2D eigenvalue weighted by Gasteiger charge is 2.42. The van der Waals surface area contributed by atoms with Crippen LogP contribution in [-0.4, -0.2) is 30.7 Å². The quantitative estimate of drug-likeness (QED) is 0.781. The van der Waals surface area contributed by atoms with E-state index in [0.717, 1.165) is 25.7 Å². The molecule has 106 valence electrons. The number of H-pyrrole nitrogens is 1. The van der Waals surface area contributed by atoms with Gasteiger partial charge in [0.1, 0.15) is 5.52 Å². The van der Waals surface area contributed by atoms with Gasteiger partial charge in [-0.1, -0.05) is 0 Å². The van der Waals surface area contributed by atoms with Crippen molar-refractivity contribution in [2.45, 2.75) is 37.8 Å². The van der Waals surface area contributed by atoms with E-state index in [4.69, 9.17) is 11.6 Å². The Labute approximate surface area is 119 Å². The molecule has 2 fully saturated rings. The minimum Gasteiger partial charge on any atom is -0.393 e. The molecule has 0 radical (unpaired) electrons. The number of nitrogens with zero attached hydrogens (tertiary/aromatic N) is 3. The van der Waals surface area contributed by atoms with Crippen LogP contribution in [0.25, 0.3) is 11.2 Å². The predicted molar refractivity (Wildman–Crippen MR) is 73.7 cm³/mol. The van der Waals surface area contributed by atoms with Crippen molar-refractivity contribution in [1.82, 2.24) is 19.5 Å². The third-order valence-corrected chi connectivity index (χ3v) is 4.94. The van der Waals surface area contributed by atoms with Crippen molar-refractivity contribution in [3.05, 3.63) is 22.0 Å². The van der Waals surface area contributed by atoms with Crippen LogP contribution in [0.5, 0.6) is 0 Å². The molecule has 2 heterocycles. The van der Waals surface area contributed by atoms with Crippen LogP contribution < -0.4 is 5.69 Å². The molecule has 2 saturated carbocycles. The third-order valence-electron chi connectivity index (χ3n) is 4.76. The highest BCUT2D eigenvalue weighted by atomic mass is 35.5. The van der Waals surface area contributed by atoms with Gasteiger partial charge in [0.05, 0.1) is 12.3 Å². The Morgan fingerprint density at radius 2 is 2.00 bits per heavy atom. The van der Waals surface area contributed by atoms with Crippen molar-refractivity contribution in [3.63, 3.8) is 0 Å². The van der Waals surface area contributed by atoms with E-state index < -0.39 is 0 Å². The molecule has 0 amide bonds. The summed E-state index contributed by atoms with van der Waals surface area (Å²) in [5.41, 5.74) is 1.05. The van der Waals surface area contributed by atoms with Crippen LogP contribution in [0, 0.1) is 11.8 Å². The Balaban J connectivity index is 1.75. The lowest BCUT2D eigenvalue weighted by Crippen LogP contribution is -2.22. The number of aromatic nitrogens is 4. The fourth-order valence-electron chi connectivity index (χ4n) is 4.00. The van der Waals surface area contributed by atoms with Crippen LogP contribution >= 0.6 is 11.6 Å². The average Bonchev–Trinajstić information content (AvgIpc) is 2.98. The highest BCUT2D eigenvalue weighted by molar-refractivity contribution is 6.28. The Bertz CT molecular complexity index is 711. The van der Waals surface area contributed by atoms with E-state index in [1.807, 2.05) is 0 Å². The molecule has 2 N–H and O–H groups in total. The molecule has 4 rings (SSSR count). The summed E-state index contributed by atoms with van der Waals surface area (Å²) in [6.45, 7) is 0. The minimum absolute atomic E-state index is 0.143. The lowest BCUT2D eigenvalue weighted by molar-refractivity contribution is 0.169. The van der Waals surface area contributed by atoms with Crippen LogP contribution in [0.1, 0.15) is 31.7 Å². The molecule has 0 aromatic carbocycles. The first kappa shape index (κ1) is 12.3. The van der Waals surface area contributed by atoms with E-state index in [9.17, 15) is 9.90 Å². The number of rotatable bonds is 1. The van der Waals surface area contributed by atoms with Crippen LogP contribution in [0.15, 0.2) is 11.0 Å². The summed E-state index contributed by atoms with van der Waals surface area (Å²) in [5, 5.41) is 9.85. The molecule has 2 aromatic heterocycles. The third kappa shape index (κ3) is 1.78. The Hall–Kier alpha value is -1.40. The van der Waals surface area contributed by atoms with Crippen LogP contribution in [0.3, 0.4) is 0 Å². The number of hydrogen-bond acceptors (Lipinski definition) is 4. The van der Waals surface area contributed by atoms with Crippen LogP contribution in [0.4, 0.5) is 0 Å². The first-order chi connectivity index (χ1) is 9.61. The van der Waals surface area contributed by atoms with Crippen LogP contribution in [-0.2, 0) is 0 Å². The summed E-state index contributed by atoms with van der Waals surface area (Å²) in [5.74, 6) is 1.04. The number of aliphatic hydroxyl groups is 1. The van der Waals surface area contributed by atoms with Crippen molar-refractivity contribution in [1.29, 1.82) is 0 Å². The van der Waals surface area contributed by atoms with Gasteiger partial charge < -0.3 is 10.1 Å². The molecular weight excluding hydrogens is 280 g/mol. The average molecular weight is 295 g/mol. The van der Waals surface area contributed by atoms with E-state index in [2.05, 4.69) is 15.0 Å². The standard InChI is InChI=1S/C13H15ClN4O2/c14-12-15-5-10-11(17-12)18(13(20)16-10)8-1-6-3-9(19)4-7(6)2-8/h5-9,19H,1-4H2,(H,16,20). The van der Waals surface area contributed by atoms with Gasteiger partial charge in [-0.3, -0.25) is 4.57 Å². The maximum absolute atomic E-state index is 12.2. The number of aromatic amines is 1. The van der Waals surface area contributed by atoms with E-state index in [-0.39, 0.29) is 23.1 Å². The smallest absolute Gasteiger partial charge is 0.327 e. The SMILES string of the molecule is O=c1[nH]c2cnc(Cl)nc2n1C1CC2CC(O)CC2C1. The summed E-state index contributed by atoms with van der Waals surface area (Å²) >= 11 is 5.84. The molecule has 2 aliphatic carbocycles. The largest absolute Gasteiger partial charge is 0.393 e. The first-order valence-corrected chi connectivity index (χ1v) is 7.30. The topological polar surface area (TPSA) is 83.8 Å². The molecular formula is C13H15ClN4O2. The number of imidazole rings is 1. The van der Waals surface area contributed by atoms with E-state index in [1.165, 1.54) is 0 Å². The molecule has 0 aliphatic heterocycles. The van der Waals surface area contributed by atoms with E-state index in [0.29, 0.717) is 23.0 Å². The maximum atomic E-state index is 12.2. The maximum Gasteiger partial charge on any atom is 0.327 e. The van der Waals surface area contributed by atoms with Gasteiger partial charge in [0, 0.05) is 6.04 Å². The molecule has 2 aliphatic rings. The molecule has 2 atom stereocenters. The van der Waals surface area contributed by atoms with Crippen molar-refractivity contribution >= 4 is 22.8 Å². The van der Waals surface area contributed by atoms with Gasteiger partial charge in [-0.25, -0.2) is 9.78 Å². The summed E-state index contributed by atoms with van der Waals surface area (Å²) in [4.78, 5) is 23.0. The minimum atomic E-state index is -0.164. The second-order valence-electron chi connectivity index (χ2n) is 5.95. The zero-order valence-electron chi connectivity index (χ0n) is 10.8. The molecule has 2 unspecified atom stereocenters. The molecule has 20 heavy (non-hydrogen) atoms. The lowest BCUT2D eigenvalue weighted by atomic mass is 10.0. The predicted octanol–water partition coefficient (Wildman–Crippen LogP) is 1.49. The first-order valence-electron chi connectivity index (χ1n) is 6.92. The fraction of sp³-hybridized carbons (Fsp3) is 0.615. The Kier molecular flexibility index (Phi) is 2.65. The molecule has 6 nitrogen and oxygen atoms in total. The summed E-state index contributed by atoms with van der Waals surface area (Å²) in [7, 11) is 0. The highest BCUT2D eigenvalue weighted by Crippen LogP contribution is 2.48. The normalized spacial score (nSPS) is 32.9. The summed E-state index contributed by atoms with van der Waals surface area (Å²) < 4.78 is 1.72. The summed E-state index contributed by atoms with van der Waals surface area (Å²) in [6, 6.07) is 0.143. The number of aliphatic hydroxyl groups excluding tert-OH is 1. The van der Waals surface area contributed by atoms with Gasteiger partial charge in [0.15, 0.2) is 5.65 Å². The van der Waals surface area contributed by atoms with Crippen LogP contribution in [0.2, 0.25) is 5.28 Å². The van der Waals surface area contributed by atoms with Gasteiger partial charge in [-0.15, -0.1) is 0 Å². The summed E-state index contributed by atoms with van der Waals surface area (Å²) in [6.07, 6.45) is 4.94. The number of fused-ring (bicyclic) bond motifs is 2. The fourth-order valence-corrected chi connectivity index (χ4v) is 4.13. The number of halogens is 1. The van der Waals surface area contributed by atoms with Crippen molar-refractivity contribution in [2.75, 3.05) is 0 Å². The zero-order chi connectivity index (χ0) is 13.9. The van der Waals surface area contributed by atoms with Gasteiger partial charge in [0.25, 0.3) is 0 Å². The molecule has 0 saturated heterocycles. The molecule has 0 spiro atoms. The van der Waals surface area contributed by atoms with Crippen molar-refractivity contribution in [3.8, 4) is 0 Å². The lowest BCUT2D eigenvalue weighted by Gasteiger charge is -2.13. The van der Waals surface area contributed by atoms with Crippen molar-refractivity contribution in [2.24, 2.45) is 11.8 Å². The molecule has 0 bridgehead atoms. The zero-order valence-corrected chi connectivity index (χ0v) is 11.5. The van der Waals surface area contributed by atoms with E-state index in [1.54, 1.807) is 10.8 Å². The van der Waals surface area contributed by atoms with E-state index >= 15 is 0 Å². The number of hydrogen-bond donors (Lipinski definition) is 2. The van der Waals surface area contributed by atoms with Gasteiger partial charge in [-0.05, 0) is 49.1 Å². The molecule has 7 heteroatoms. The second-order valence-corrected chi connectivity index (χ2v) is 6.29. The number of nitrogens with one attached hydrogen (secondary N) is 1. The Morgan fingerprint density at radius 3 is 2.70 bits per heavy atom. The Morgan fingerprint density at radius 1 is 1.30 bits per heavy atom. The van der Waals surface area contributed by atoms with Gasteiger partial charge in [0.2, 0.25) is 5.28 Å². The van der Waals surface area contributed by atoms with Gasteiger partial charge in [-0.2, -0.15) is 4.98 Å². The molecule has 2 aromatic rings.